The van der Waals surface area contributed by atoms with E-state index in [0.717, 1.165) is 29.7 Å². The minimum Gasteiger partial charge on any atom is -0.511 e. The van der Waals surface area contributed by atoms with Crippen molar-refractivity contribution in [3.8, 4) is 5.75 Å². The summed E-state index contributed by atoms with van der Waals surface area (Å²) in [6.07, 6.45) is 3.58. The summed E-state index contributed by atoms with van der Waals surface area (Å²) in [5, 5.41) is 23.8. The molecule has 6 heteroatoms. The molecule has 0 atom stereocenters. The lowest BCUT2D eigenvalue weighted by Crippen LogP contribution is -2.30. The number of fused-ring (bicyclic) bond motifs is 1. The molecule has 2 aromatic rings. The van der Waals surface area contributed by atoms with Gasteiger partial charge in [-0.2, -0.15) is 0 Å². The minimum absolute atomic E-state index is 0.0189. The van der Waals surface area contributed by atoms with Gasteiger partial charge < -0.3 is 15.5 Å². The van der Waals surface area contributed by atoms with E-state index < -0.39 is 5.91 Å². The molecule has 138 valence electrons. The predicted octanol–water partition coefficient (Wildman–Crippen LogP) is 3.04. The Morgan fingerprint density at radius 1 is 1.27 bits per heavy atom. The summed E-state index contributed by atoms with van der Waals surface area (Å²) in [5.41, 5.74) is 1.85. The van der Waals surface area contributed by atoms with Gasteiger partial charge in [0, 0.05) is 17.3 Å². The number of hydrogen-bond donors (Lipinski definition) is 3. The number of aliphatic hydroxyl groups excluding tert-OH is 1. The Hall–Kier alpha value is -2.60. The third-order valence-electron chi connectivity index (χ3n) is 4.70. The summed E-state index contributed by atoms with van der Waals surface area (Å²) in [5.74, 6) is -0.814. The number of aliphatic hydroxyl groups is 1. The molecule has 3 N–H and O–H groups in total. The zero-order chi connectivity index (χ0) is 18.7. The largest absolute Gasteiger partial charge is 0.511 e. The van der Waals surface area contributed by atoms with Gasteiger partial charge in [-0.3, -0.25) is 9.69 Å². The average Bonchev–Trinajstić information content (AvgIpc) is 2.62. The molecule has 1 aromatic heterocycles. The molecule has 0 bridgehead atoms. The lowest BCUT2D eigenvalue weighted by molar-refractivity contribution is 0.0944. The van der Waals surface area contributed by atoms with Crippen LogP contribution in [0.25, 0.3) is 10.8 Å². The lowest BCUT2D eigenvalue weighted by Gasteiger charge is -2.26. The molecule has 0 saturated carbocycles. The van der Waals surface area contributed by atoms with Gasteiger partial charge in [0.25, 0.3) is 5.91 Å². The molecule has 6 nitrogen and oxygen atoms in total. The zero-order valence-electron chi connectivity index (χ0n) is 15.1. The Kier molecular flexibility index (Phi) is 5.42. The van der Waals surface area contributed by atoms with Gasteiger partial charge in [-0.1, -0.05) is 30.7 Å². The molecule has 1 aliphatic rings. The van der Waals surface area contributed by atoms with Crippen molar-refractivity contribution in [2.75, 3.05) is 19.6 Å². The number of nitrogens with zero attached hydrogens (tertiary/aromatic N) is 2. The number of piperidine rings is 1. The van der Waals surface area contributed by atoms with E-state index in [1.54, 1.807) is 0 Å². The highest BCUT2D eigenvalue weighted by atomic mass is 16.3. The summed E-state index contributed by atoms with van der Waals surface area (Å²) >= 11 is 0. The molecular weight excluding hydrogens is 330 g/mol. The van der Waals surface area contributed by atoms with Crippen molar-refractivity contribution < 1.29 is 15.0 Å². The fourth-order valence-electron chi connectivity index (χ4n) is 3.35. The second-order valence-electron chi connectivity index (χ2n) is 6.89. The third-order valence-corrected chi connectivity index (χ3v) is 4.70. The normalized spacial score (nSPS) is 15.1. The van der Waals surface area contributed by atoms with Crippen LogP contribution in [0, 0.1) is 6.92 Å². The van der Waals surface area contributed by atoms with Crippen LogP contribution >= 0.6 is 0 Å². The van der Waals surface area contributed by atoms with E-state index in [9.17, 15) is 15.0 Å². The molecule has 0 aliphatic carbocycles. The number of benzene rings is 1. The smallest absolute Gasteiger partial charge is 0.274 e. The van der Waals surface area contributed by atoms with Gasteiger partial charge >= 0.3 is 0 Å². The third kappa shape index (κ3) is 3.96. The molecule has 1 saturated heterocycles. The quantitative estimate of drug-likeness (QED) is 0.718. The van der Waals surface area contributed by atoms with Crippen molar-refractivity contribution in [1.82, 2.24) is 15.2 Å². The molecule has 26 heavy (non-hydrogen) atoms. The summed E-state index contributed by atoms with van der Waals surface area (Å²) < 4.78 is 0. The first-order chi connectivity index (χ1) is 12.5. The van der Waals surface area contributed by atoms with E-state index in [4.69, 9.17) is 0 Å². The molecule has 1 aromatic carbocycles. The number of aromatic hydroxyl groups is 1. The number of rotatable bonds is 5. The maximum absolute atomic E-state index is 12.4. The minimum atomic E-state index is -0.528. The number of carbonyl (C=O) groups excluding carboxylic acids is 1. The molecule has 0 spiro atoms. The van der Waals surface area contributed by atoms with Crippen molar-refractivity contribution in [2.45, 2.75) is 32.7 Å². The number of amides is 1. The standard InChI is InChI=1S/C20H25N3O3/c1-13-6-7-15-16(10-13)17(12-23-8-4-3-5-9-23)22-18(19(15)25)20(26)21-11-14(2)24/h6-7,10,24-25H,2-5,8-9,11-12H2,1H3,(H,21,26). The number of hydrogen-bond acceptors (Lipinski definition) is 5. The number of aromatic nitrogens is 1. The Balaban J connectivity index is 2.02. The second kappa shape index (κ2) is 7.74. The molecule has 1 fully saturated rings. The van der Waals surface area contributed by atoms with Gasteiger partial charge in [0.2, 0.25) is 0 Å². The first kappa shape index (κ1) is 18.2. The van der Waals surface area contributed by atoms with Crippen molar-refractivity contribution in [1.29, 1.82) is 0 Å². The molecule has 3 rings (SSSR count). The van der Waals surface area contributed by atoms with E-state index in [-0.39, 0.29) is 23.7 Å². The second-order valence-corrected chi connectivity index (χ2v) is 6.89. The first-order valence-corrected chi connectivity index (χ1v) is 8.95. The van der Waals surface area contributed by atoms with Crippen molar-refractivity contribution in [3.05, 3.63) is 47.5 Å². The van der Waals surface area contributed by atoms with Crippen LogP contribution in [0.4, 0.5) is 0 Å². The maximum Gasteiger partial charge on any atom is 0.274 e. The van der Waals surface area contributed by atoms with E-state index >= 15 is 0 Å². The fraction of sp³-hybridized carbons (Fsp3) is 0.400. The van der Waals surface area contributed by atoms with Gasteiger partial charge in [0.05, 0.1) is 12.2 Å². The SMILES string of the molecule is C=C(O)CNC(=O)c1nc(CN2CCCCC2)c2cc(C)ccc2c1O. The number of nitrogens with one attached hydrogen (secondary N) is 1. The van der Waals surface area contributed by atoms with Gasteiger partial charge in [0.15, 0.2) is 11.4 Å². The topological polar surface area (TPSA) is 85.7 Å². The van der Waals surface area contributed by atoms with Crippen LogP contribution in [0.3, 0.4) is 0 Å². The predicted molar refractivity (Wildman–Crippen MR) is 101 cm³/mol. The van der Waals surface area contributed by atoms with Gasteiger partial charge in [-0.15, -0.1) is 0 Å². The van der Waals surface area contributed by atoms with Crippen LogP contribution in [0.5, 0.6) is 5.75 Å². The first-order valence-electron chi connectivity index (χ1n) is 8.95. The number of carbonyl (C=O) groups is 1. The summed E-state index contributed by atoms with van der Waals surface area (Å²) in [7, 11) is 0. The fourth-order valence-corrected chi connectivity index (χ4v) is 3.35. The van der Waals surface area contributed by atoms with Crippen LogP contribution in [-0.2, 0) is 6.54 Å². The highest BCUT2D eigenvalue weighted by molar-refractivity contribution is 6.02. The average molecular weight is 355 g/mol. The highest BCUT2D eigenvalue weighted by Crippen LogP contribution is 2.31. The summed E-state index contributed by atoms with van der Waals surface area (Å²) in [6.45, 7) is 7.94. The van der Waals surface area contributed by atoms with Crippen LogP contribution in [0.2, 0.25) is 0 Å². The molecule has 1 amide bonds. The molecular formula is C20H25N3O3. The summed E-state index contributed by atoms with van der Waals surface area (Å²) in [4.78, 5) is 19.3. The Morgan fingerprint density at radius 3 is 2.69 bits per heavy atom. The van der Waals surface area contributed by atoms with Crippen LogP contribution in [0.1, 0.15) is 41.0 Å². The zero-order valence-corrected chi connectivity index (χ0v) is 15.1. The van der Waals surface area contributed by atoms with E-state index in [1.807, 2.05) is 25.1 Å². The van der Waals surface area contributed by atoms with Gasteiger partial charge in [-0.25, -0.2) is 4.98 Å². The van der Waals surface area contributed by atoms with E-state index in [1.165, 1.54) is 19.3 Å². The molecule has 0 unspecified atom stereocenters. The maximum atomic E-state index is 12.4. The van der Waals surface area contributed by atoms with Gasteiger partial charge in [0.1, 0.15) is 5.76 Å². The Bertz CT molecular complexity index is 842. The van der Waals surface area contributed by atoms with Crippen LogP contribution < -0.4 is 5.32 Å². The van der Waals surface area contributed by atoms with Gasteiger partial charge in [-0.05, 0) is 38.9 Å². The Labute approximate surface area is 153 Å². The number of likely N-dealkylation sites (tertiary alicyclic amines) is 1. The van der Waals surface area contributed by atoms with Crippen LogP contribution in [-0.4, -0.2) is 45.6 Å². The van der Waals surface area contributed by atoms with E-state index in [2.05, 4.69) is 21.8 Å². The monoisotopic (exact) mass is 355 g/mol. The molecule has 2 heterocycles. The Morgan fingerprint density at radius 2 is 2.00 bits per heavy atom. The number of aryl methyl sites for hydroxylation is 1. The van der Waals surface area contributed by atoms with Crippen LogP contribution in [0.15, 0.2) is 30.5 Å². The van der Waals surface area contributed by atoms with Crippen molar-refractivity contribution in [3.63, 3.8) is 0 Å². The van der Waals surface area contributed by atoms with Crippen molar-refractivity contribution >= 4 is 16.7 Å². The highest BCUT2D eigenvalue weighted by Gasteiger charge is 2.21. The molecule has 0 radical (unpaired) electrons. The van der Waals surface area contributed by atoms with E-state index in [0.29, 0.717) is 11.9 Å². The summed E-state index contributed by atoms with van der Waals surface area (Å²) in [6, 6.07) is 5.73. The van der Waals surface area contributed by atoms with Crippen molar-refractivity contribution in [2.24, 2.45) is 0 Å². The lowest BCUT2D eigenvalue weighted by atomic mass is 10.0. The number of pyridine rings is 1. The molecule has 1 aliphatic heterocycles.